The van der Waals surface area contributed by atoms with Crippen LogP contribution in [-0.2, 0) is 4.79 Å². The fraction of sp³-hybridized carbons (Fsp3) is 0.316. The number of alkyl halides is 1. The molecule has 4 heteroatoms. The van der Waals surface area contributed by atoms with Crippen molar-refractivity contribution < 1.29 is 9.53 Å². The van der Waals surface area contributed by atoms with E-state index in [1.54, 1.807) is 0 Å². The Morgan fingerprint density at radius 1 is 1.09 bits per heavy atom. The van der Waals surface area contributed by atoms with E-state index in [2.05, 4.69) is 5.32 Å². The van der Waals surface area contributed by atoms with Crippen molar-refractivity contribution in [3.05, 3.63) is 65.2 Å². The first-order chi connectivity index (χ1) is 11.0. The minimum absolute atomic E-state index is 0.140. The number of para-hydroxylation sites is 1. The van der Waals surface area contributed by atoms with Crippen molar-refractivity contribution in [1.29, 1.82) is 0 Å². The van der Waals surface area contributed by atoms with Crippen LogP contribution in [0.25, 0.3) is 0 Å². The highest BCUT2D eigenvalue weighted by Gasteiger charge is 2.18. The number of halogens is 1. The summed E-state index contributed by atoms with van der Waals surface area (Å²) in [5.74, 6) is 0.662. The standard InChI is InChI=1S/C19H22ClNO2/c1-13-8-7-9-14(2)18(13)23-15(3)12-21-19(22)17(20)16-10-5-4-6-11-16/h4-11,15,17H,12H2,1-3H3,(H,21,22). The van der Waals surface area contributed by atoms with Crippen LogP contribution >= 0.6 is 11.6 Å². The molecular formula is C19H22ClNO2. The summed E-state index contributed by atoms with van der Waals surface area (Å²) in [4.78, 5) is 12.1. The number of benzene rings is 2. The van der Waals surface area contributed by atoms with Crippen LogP contribution in [-0.4, -0.2) is 18.6 Å². The molecule has 0 aliphatic rings. The lowest BCUT2D eigenvalue weighted by Crippen LogP contribution is -2.35. The van der Waals surface area contributed by atoms with Gasteiger partial charge in [0.2, 0.25) is 5.91 Å². The summed E-state index contributed by atoms with van der Waals surface area (Å²) in [6.07, 6.45) is -0.140. The van der Waals surface area contributed by atoms with E-state index < -0.39 is 5.38 Å². The SMILES string of the molecule is Cc1cccc(C)c1OC(C)CNC(=O)C(Cl)c1ccccc1. The Bertz CT molecular complexity index is 637. The van der Waals surface area contributed by atoms with Crippen molar-refractivity contribution in [2.45, 2.75) is 32.3 Å². The number of rotatable bonds is 6. The lowest BCUT2D eigenvalue weighted by molar-refractivity contribution is -0.121. The van der Waals surface area contributed by atoms with Gasteiger partial charge in [-0.15, -0.1) is 11.6 Å². The number of aryl methyl sites for hydroxylation is 2. The van der Waals surface area contributed by atoms with Gasteiger partial charge in [-0.1, -0.05) is 48.5 Å². The third kappa shape index (κ3) is 4.73. The van der Waals surface area contributed by atoms with Gasteiger partial charge in [0.05, 0.1) is 6.54 Å². The number of carbonyl (C=O) groups is 1. The quantitative estimate of drug-likeness (QED) is 0.807. The third-order valence-electron chi connectivity index (χ3n) is 3.61. The molecule has 0 spiro atoms. The Hall–Kier alpha value is -2.00. The van der Waals surface area contributed by atoms with Crippen molar-refractivity contribution in [3.63, 3.8) is 0 Å². The summed E-state index contributed by atoms with van der Waals surface area (Å²) in [6, 6.07) is 15.3. The molecule has 1 N–H and O–H groups in total. The Morgan fingerprint density at radius 2 is 1.70 bits per heavy atom. The smallest absolute Gasteiger partial charge is 0.242 e. The minimum atomic E-state index is -0.691. The maximum absolute atomic E-state index is 12.1. The van der Waals surface area contributed by atoms with Crippen molar-refractivity contribution in [2.75, 3.05) is 6.54 Å². The van der Waals surface area contributed by atoms with Gasteiger partial charge in [0.15, 0.2) is 0 Å². The number of ether oxygens (including phenoxy) is 1. The molecule has 2 aromatic rings. The fourth-order valence-corrected chi connectivity index (χ4v) is 2.56. The topological polar surface area (TPSA) is 38.3 Å². The highest BCUT2D eigenvalue weighted by molar-refractivity contribution is 6.30. The first kappa shape index (κ1) is 17.4. The first-order valence-electron chi connectivity index (χ1n) is 7.68. The summed E-state index contributed by atoms with van der Waals surface area (Å²) in [5.41, 5.74) is 2.96. The van der Waals surface area contributed by atoms with Crippen LogP contribution in [0.2, 0.25) is 0 Å². The zero-order valence-corrected chi connectivity index (χ0v) is 14.4. The van der Waals surface area contributed by atoms with Crippen molar-refractivity contribution in [3.8, 4) is 5.75 Å². The first-order valence-corrected chi connectivity index (χ1v) is 8.12. The molecule has 0 bridgehead atoms. The highest BCUT2D eigenvalue weighted by Crippen LogP contribution is 2.23. The highest BCUT2D eigenvalue weighted by atomic mass is 35.5. The molecule has 2 rings (SSSR count). The molecule has 2 atom stereocenters. The molecule has 2 unspecified atom stereocenters. The van der Waals surface area contributed by atoms with Crippen LogP contribution in [0.4, 0.5) is 0 Å². The monoisotopic (exact) mass is 331 g/mol. The summed E-state index contributed by atoms with van der Waals surface area (Å²) in [7, 11) is 0. The third-order valence-corrected chi connectivity index (χ3v) is 4.06. The maximum Gasteiger partial charge on any atom is 0.242 e. The molecule has 0 saturated carbocycles. The molecule has 0 aromatic heterocycles. The van der Waals surface area contributed by atoms with Gasteiger partial charge in [-0.25, -0.2) is 0 Å². The summed E-state index contributed by atoms with van der Waals surface area (Å²) in [5, 5.41) is 2.15. The van der Waals surface area contributed by atoms with E-state index in [-0.39, 0.29) is 12.0 Å². The number of hydrogen-bond donors (Lipinski definition) is 1. The predicted molar refractivity (Wildman–Crippen MR) is 94.1 cm³/mol. The van der Waals surface area contributed by atoms with Crippen molar-refractivity contribution in [2.24, 2.45) is 0 Å². The summed E-state index contributed by atoms with van der Waals surface area (Å²) < 4.78 is 5.95. The molecule has 0 aliphatic heterocycles. The zero-order chi connectivity index (χ0) is 16.8. The lowest BCUT2D eigenvalue weighted by Gasteiger charge is -2.19. The Morgan fingerprint density at radius 3 is 2.30 bits per heavy atom. The zero-order valence-electron chi connectivity index (χ0n) is 13.7. The predicted octanol–water partition coefficient (Wildman–Crippen LogP) is 4.17. The average molecular weight is 332 g/mol. The van der Waals surface area contributed by atoms with Crippen LogP contribution in [0.15, 0.2) is 48.5 Å². The average Bonchev–Trinajstić information content (AvgIpc) is 2.56. The second-order valence-corrected chi connectivity index (χ2v) is 6.10. The molecule has 0 fully saturated rings. The second kappa shape index (κ2) is 8.02. The molecule has 3 nitrogen and oxygen atoms in total. The molecule has 0 radical (unpaired) electrons. The van der Waals surface area contributed by atoms with Crippen LogP contribution in [0, 0.1) is 13.8 Å². The Balaban J connectivity index is 1.89. The summed E-state index contributed by atoms with van der Waals surface area (Å²) in [6.45, 7) is 6.36. The van der Waals surface area contributed by atoms with Gasteiger partial charge in [0, 0.05) is 0 Å². The normalized spacial score (nSPS) is 13.2. The molecular weight excluding hydrogens is 310 g/mol. The van der Waals surface area contributed by atoms with Gasteiger partial charge >= 0.3 is 0 Å². The number of hydrogen-bond acceptors (Lipinski definition) is 2. The number of nitrogens with one attached hydrogen (secondary N) is 1. The molecule has 2 aromatic carbocycles. The second-order valence-electron chi connectivity index (χ2n) is 5.67. The van der Waals surface area contributed by atoms with Crippen LogP contribution in [0.3, 0.4) is 0 Å². The molecule has 0 heterocycles. The fourth-order valence-electron chi connectivity index (χ4n) is 2.34. The van der Waals surface area contributed by atoms with Crippen LogP contribution < -0.4 is 10.1 Å². The van der Waals surface area contributed by atoms with Gasteiger partial charge in [-0.05, 0) is 37.5 Å². The molecule has 1 amide bonds. The molecule has 122 valence electrons. The maximum atomic E-state index is 12.1. The van der Waals surface area contributed by atoms with E-state index in [0.717, 1.165) is 22.4 Å². The van der Waals surface area contributed by atoms with E-state index in [0.29, 0.717) is 6.54 Å². The van der Waals surface area contributed by atoms with Gasteiger partial charge < -0.3 is 10.1 Å². The van der Waals surface area contributed by atoms with Crippen LogP contribution in [0.5, 0.6) is 5.75 Å². The van der Waals surface area contributed by atoms with Gasteiger partial charge in [-0.2, -0.15) is 0 Å². The largest absolute Gasteiger partial charge is 0.488 e. The number of carbonyl (C=O) groups excluding carboxylic acids is 1. The van der Waals surface area contributed by atoms with E-state index >= 15 is 0 Å². The summed E-state index contributed by atoms with van der Waals surface area (Å²) >= 11 is 6.20. The molecule has 0 aliphatic carbocycles. The van der Waals surface area contributed by atoms with E-state index in [1.807, 2.05) is 69.3 Å². The van der Waals surface area contributed by atoms with E-state index in [9.17, 15) is 4.79 Å². The van der Waals surface area contributed by atoms with Crippen molar-refractivity contribution in [1.82, 2.24) is 5.32 Å². The molecule has 0 saturated heterocycles. The van der Waals surface area contributed by atoms with E-state index in [1.165, 1.54) is 0 Å². The Labute approximate surface area is 142 Å². The van der Waals surface area contributed by atoms with Gasteiger partial charge in [0.1, 0.15) is 17.2 Å². The van der Waals surface area contributed by atoms with Crippen LogP contribution in [0.1, 0.15) is 29.0 Å². The minimum Gasteiger partial charge on any atom is -0.488 e. The number of amides is 1. The van der Waals surface area contributed by atoms with E-state index in [4.69, 9.17) is 16.3 Å². The lowest BCUT2D eigenvalue weighted by atomic mass is 10.1. The molecule has 23 heavy (non-hydrogen) atoms. The van der Waals surface area contributed by atoms with Gasteiger partial charge in [-0.3, -0.25) is 4.79 Å². The van der Waals surface area contributed by atoms with Crippen molar-refractivity contribution >= 4 is 17.5 Å². The Kier molecular flexibility index (Phi) is 6.05. The van der Waals surface area contributed by atoms with Gasteiger partial charge in [0.25, 0.3) is 0 Å².